The molecule has 0 saturated heterocycles. The molecule has 1 aromatic rings. The second-order valence-corrected chi connectivity index (χ2v) is 3.64. The summed E-state index contributed by atoms with van der Waals surface area (Å²) in [4.78, 5) is 21.0. The summed E-state index contributed by atoms with van der Waals surface area (Å²) < 4.78 is 10.4. The second-order valence-electron chi connectivity index (χ2n) is 3.64. The van der Waals surface area contributed by atoms with E-state index in [2.05, 4.69) is 0 Å². The van der Waals surface area contributed by atoms with Crippen LogP contribution in [0.2, 0.25) is 0 Å². The van der Waals surface area contributed by atoms with Gasteiger partial charge in [-0.15, -0.1) is 0 Å². The zero-order chi connectivity index (χ0) is 14.3. The van der Waals surface area contributed by atoms with Crippen LogP contribution in [0.5, 0.6) is 5.75 Å². The highest BCUT2D eigenvalue weighted by Crippen LogP contribution is 2.28. The molecule has 0 aliphatic rings. The summed E-state index contributed by atoms with van der Waals surface area (Å²) in [6.07, 6.45) is 0.572. The summed E-state index contributed by atoms with van der Waals surface area (Å²) in [5.74, 6) is -1.20. The Morgan fingerprint density at radius 1 is 1.42 bits per heavy atom. The summed E-state index contributed by atoms with van der Waals surface area (Å²) in [6.45, 7) is 3.17. The van der Waals surface area contributed by atoms with Gasteiger partial charge in [-0.05, 0) is 13.0 Å². The third-order valence-electron chi connectivity index (χ3n) is 2.30. The molecular weight excluding hydrogens is 254 g/mol. The molecule has 0 saturated carbocycles. The van der Waals surface area contributed by atoms with Crippen LogP contribution in [0.4, 0.5) is 5.69 Å². The van der Waals surface area contributed by atoms with Crippen LogP contribution >= 0.6 is 0 Å². The molecule has 7 nitrogen and oxygen atoms in total. The molecule has 0 spiro atoms. The average molecular weight is 269 g/mol. The lowest BCUT2D eigenvalue weighted by molar-refractivity contribution is -0.385. The Morgan fingerprint density at radius 3 is 2.74 bits per heavy atom. The molecule has 0 atom stereocenters. The van der Waals surface area contributed by atoms with E-state index in [1.54, 1.807) is 0 Å². The maximum Gasteiger partial charge on any atom is 0.335 e. The molecular formula is C12H15NO6. The number of carboxylic acid groups (broad SMARTS) is 1. The van der Waals surface area contributed by atoms with Gasteiger partial charge in [-0.25, -0.2) is 4.79 Å². The first kappa shape index (κ1) is 14.9. The van der Waals surface area contributed by atoms with Crippen LogP contribution in [0.15, 0.2) is 18.2 Å². The molecule has 0 heterocycles. The lowest BCUT2D eigenvalue weighted by Gasteiger charge is -2.07. The molecule has 1 aromatic carbocycles. The Kier molecular flexibility index (Phi) is 5.74. The Bertz CT molecular complexity index is 460. The number of nitro groups is 1. The van der Waals surface area contributed by atoms with Crippen LogP contribution in [0.1, 0.15) is 23.7 Å². The molecule has 0 amide bonds. The van der Waals surface area contributed by atoms with E-state index in [4.69, 9.17) is 14.6 Å². The van der Waals surface area contributed by atoms with Crippen LogP contribution in [0, 0.1) is 10.1 Å². The number of aromatic carboxylic acids is 1. The van der Waals surface area contributed by atoms with Gasteiger partial charge in [0.15, 0.2) is 5.75 Å². The topological polar surface area (TPSA) is 98.9 Å². The van der Waals surface area contributed by atoms with Gasteiger partial charge in [0.05, 0.1) is 17.1 Å². The van der Waals surface area contributed by atoms with Gasteiger partial charge < -0.3 is 14.6 Å². The van der Waals surface area contributed by atoms with Crippen molar-refractivity contribution in [3.8, 4) is 5.75 Å². The van der Waals surface area contributed by atoms with Crippen molar-refractivity contribution in [1.29, 1.82) is 0 Å². The molecule has 19 heavy (non-hydrogen) atoms. The molecule has 0 unspecified atom stereocenters. The number of carbonyl (C=O) groups is 1. The molecule has 1 rings (SSSR count). The van der Waals surface area contributed by atoms with Crippen LogP contribution in [0.3, 0.4) is 0 Å². The summed E-state index contributed by atoms with van der Waals surface area (Å²) in [7, 11) is 0. The van der Waals surface area contributed by atoms with Crippen molar-refractivity contribution >= 4 is 11.7 Å². The van der Waals surface area contributed by atoms with Crippen LogP contribution in [-0.2, 0) is 4.74 Å². The van der Waals surface area contributed by atoms with Gasteiger partial charge in [-0.2, -0.15) is 0 Å². The normalized spacial score (nSPS) is 10.2. The van der Waals surface area contributed by atoms with Gasteiger partial charge in [0.2, 0.25) is 0 Å². The van der Waals surface area contributed by atoms with E-state index >= 15 is 0 Å². The van der Waals surface area contributed by atoms with Crippen molar-refractivity contribution in [3.63, 3.8) is 0 Å². The lowest BCUT2D eigenvalue weighted by Crippen LogP contribution is -2.06. The van der Waals surface area contributed by atoms with Crippen LogP contribution < -0.4 is 4.74 Å². The zero-order valence-corrected chi connectivity index (χ0v) is 10.5. The predicted molar refractivity (Wildman–Crippen MR) is 66.7 cm³/mol. The fourth-order valence-electron chi connectivity index (χ4n) is 1.40. The lowest BCUT2D eigenvalue weighted by atomic mass is 10.2. The van der Waals surface area contributed by atoms with E-state index in [0.717, 1.165) is 12.1 Å². The maximum absolute atomic E-state index is 10.8. The first-order valence-electron chi connectivity index (χ1n) is 5.78. The smallest absolute Gasteiger partial charge is 0.335 e. The van der Waals surface area contributed by atoms with Gasteiger partial charge in [-0.3, -0.25) is 10.1 Å². The fraction of sp³-hybridized carbons (Fsp3) is 0.417. The predicted octanol–water partition coefficient (Wildman–Crippen LogP) is 2.10. The highest BCUT2D eigenvalue weighted by molar-refractivity contribution is 5.88. The van der Waals surface area contributed by atoms with Crippen molar-refractivity contribution in [1.82, 2.24) is 0 Å². The van der Waals surface area contributed by atoms with Crippen molar-refractivity contribution in [2.24, 2.45) is 0 Å². The summed E-state index contributed by atoms with van der Waals surface area (Å²) >= 11 is 0. The fourth-order valence-corrected chi connectivity index (χ4v) is 1.40. The highest BCUT2D eigenvalue weighted by atomic mass is 16.6. The molecule has 0 aliphatic carbocycles. The maximum atomic E-state index is 10.8. The molecule has 7 heteroatoms. The third-order valence-corrected chi connectivity index (χ3v) is 2.30. The number of hydrogen-bond acceptors (Lipinski definition) is 5. The number of ether oxygens (including phenoxy) is 2. The van der Waals surface area contributed by atoms with E-state index < -0.39 is 10.9 Å². The van der Waals surface area contributed by atoms with Crippen molar-refractivity contribution in [3.05, 3.63) is 33.9 Å². The van der Waals surface area contributed by atoms with Gasteiger partial charge in [0.1, 0.15) is 0 Å². The van der Waals surface area contributed by atoms with Crippen molar-refractivity contribution in [2.75, 3.05) is 19.8 Å². The molecule has 104 valence electrons. The Morgan fingerprint density at radius 2 is 2.16 bits per heavy atom. The minimum atomic E-state index is -1.16. The number of nitro benzene ring substituents is 1. The molecule has 0 aliphatic heterocycles. The van der Waals surface area contributed by atoms with Gasteiger partial charge in [0.25, 0.3) is 0 Å². The number of nitrogens with zero attached hydrogens (tertiary/aromatic N) is 1. The quantitative estimate of drug-likeness (QED) is 0.440. The molecule has 1 N–H and O–H groups in total. The summed E-state index contributed by atoms with van der Waals surface area (Å²) in [5.41, 5.74) is -0.299. The van der Waals surface area contributed by atoms with Gasteiger partial charge >= 0.3 is 11.7 Å². The molecule has 0 aromatic heterocycles. The van der Waals surface area contributed by atoms with E-state index in [0.29, 0.717) is 19.6 Å². The van der Waals surface area contributed by atoms with Crippen LogP contribution in [-0.4, -0.2) is 35.8 Å². The van der Waals surface area contributed by atoms with Gasteiger partial charge in [0, 0.05) is 31.8 Å². The third kappa shape index (κ3) is 4.55. The minimum absolute atomic E-state index is 0.0404. The highest BCUT2D eigenvalue weighted by Gasteiger charge is 2.17. The van der Waals surface area contributed by atoms with E-state index in [1.807, 2.05) is 6.92 Å². The van der Waals surface area contributed by atoms with Crippen molar-refractivity contribution < 1.29 is 24.3 Å². The Hall–Kier alpha value is -2.15. The van der Waals surface area contributed by atoms with E-state index in [-0.39, 0.29) is 23.6 Å². The number of rotatable bonds is 8. The molecule has 0 fully saturated rings. The number of hydrogen-bond donors (Lipinski definition) is 1. The molecule has 0 bridgehead atoms. The van der Waals surface area contributed by atoms with Crippen LogP contribution in [0.25, 0.3) is 0 Å². The zero-order valence-electron chi connectivity index (χ0n) is 10.5. The summed E-state index contributed by atoms with van der Waals surface area (Å²) in [5, 5.41) is 19.6. The number of carboxylic acids is 1. The first-order chi connectivity index (χ1) is 9.06. The number of benzene rings is 1. The largest absolute Gasteiger partial charge is 0.487 e. The second kappa shape index (κ2) is 7.32. The van der Waals surface area contributed by atoms with E-state index in [1.165, 1.54) is 6.07 Å². The van der Waals surface area contributed by atoms with E-state index in [9.17, 15) is 14.9 Å². The molecule has 0 radical (unpaired) electrons. The standard InChI is InChI=1S/C12H15NO6/c1-2-18-6-3-7-19-11-8-9(12(14)15)4-5-10(11)13(16)17/h4-5,8H,2-3,6-7H2,1H3,(H,14,15). The van der Waals surface area contributed by atoms with Crippen molar-refractivity contribution in [2.45, 2.75) is 13.3 Å². The summed E-state index contributed by atoms with van der Waals surface area (Å²) in [6, 6.07) is 3.45. The van der Waals surface area contributed by atoms with Gasteiger partial charge in [-0.1, -0.05) is 0 Å². The first-order valence-corrected chi connectivity index (χ1v) is 5.78. The Labute approximate surface area is 109 Å². The SMILES string of the molecule is CCOCCCOc1cc(C(=O)O)ccc1[N+](=O)[O-]. The monoisotopic (exact) mass is 269 g/mol. The Balaban J connectivity index is 2.74. The minimum Gasteiger partial charge on any atom is -0.487 e. The average Bonchev–Trinajstić information content (AvgIpc) is 2.38.